The van der Waals surface area contributed by atoms with Crippen LogP contribution in [0, 0.1) is 35.5 Å². The van der Waals surface area contributed by atoms with Crippen molar-refractivity contribution in [3.63, 3.8) is 0 Å². The van der Waals surface area contributed by atoms with E-state index in [-0.39, 0.29) is 0 Å². The summed E-state index contributed by atoms with van der Waals surface area (Å²) in [5.74, 6) is 6.46. The summed E-state index contributed by atoms with van der Waals surface area (Å²) in [6, 6.07) is 0. The highest BCUT2D eigenvalue weighted by Gasteiger charge is 2.34. The first-order chi connectivity index (χ1) is 11.3. The van der Waals surface area contributed by atoms with Gasteiger partial charge in [0.1, 0.15) is 0 Å². The molecule has 134 valence electrons. The Balaban J connectivity index is 1.37. The van der Waals surface area contributed by atoms with Crippen molar-refractivity contribution in [2.45, 2.75) is 96.8 Å². The van der Waals surface area contributed by atoms with E-state index in [1.165, 1.54) is 43.9 Å². The molecule has 0 N–H and O–H groups in total. The Morgan fingerprint density at radius 2 is 0.913 bits per heavy atom. The van der Waals surface area contributed by atoms with Crippen LogP contribution in [0.5, 0.6) is 0 Å². The summed E-state index contributed by atoms with van der Waals surface area (Å²) in [5, 5.41) is 1.24. The zero-order valence-corrected chi connectivity index (χ0v) is 17.0. The zero-order chi connectivity index (χ0) is 16.1. The molecule has 0 aromatic rings. The molecule has 0 spiro atoms. The van der Waals surface area contributed by atoms with E-state index >= 15 is 0 Å². The summed E-state index contributed by atoms with van der Waals surface area (Å²) >= 11 is 3.69. The maximum atomic E-state index is 3.69. The molecule has 3 saturated carbocycles. The van der Waals surface area contributed by atoms with Crippen molar-refractivity contribution in [1.29, 1.82) is 0 Å². The van der Waals surface area contributed by atoms with Crippen molar-refractivity contribution in [3.8, 4) is 0 Å². The molecule has 3 rings (SSSR count). The summed E-state index contributed by atoms with van der Waals surface area (Å²) in [7, 11) is 0. The fraction of sp³-hybridized carbons (Fsp3) is 1.00. The van der Waals surface area contributed by atoms with Gasteiger partial charge in [0.25, 0.3) is 0 Å². The highest BCUT2D eigenvalue weighted by molar-refractivity contribution is 9.09. The lowest BCUT2D eigenvalue weighted by Crippen LogP contribution is -2.30. The third-order valence-corrected chi connectivity index (χ3v) is 8.76. The smallest absolute Gasteiger partial charge is 0.00596 e. The minimum atomic E-state index is 0.987. The van der Waals surface area contributed by atoms with E-state index in [0.29, 0.717) is 0 Å². The topological polar surface area (TPSA) is 0 Å². The van der Waals surface area contributed by atoms with Gasteiger partial charge in [0.15, 0.2) is 0 Å². The molecule has 0 amide bonds. The molecule has 3 fully saturated rings. The first-order valence-electron chi connectivity index (χ1n) is 10.9. The van der Waals surface area contributed by atoms with Crippen LogP contribution in [0.15, 0.2) is 0 Å². The quantitative estimate of drug-likeness (QED) is 0.429. The third kappa shape index (κ3) is 4.99. The second-order valence-corrected chi connectivity index (χ2v) is 9.83. The van der Waals surface area contributed by atoms with E-state index in [9.17, 15) is 0 Å². The lowest BCUT2D eigenvalue weighted by Gasteiger charge is -2.41. The van der Waals surface area contributed by atoms with Crippen molar-refractivity contribution in [1.82, 2.24) is 0 Å². The first kappa shape index (κ1) is 18.3. The average Bonchev–Trinajstić information content (AvgIpc) is 2.63. The number of alkyl halides is 1. The molecule has 23 heavy (non-hydrogen) atoms. The van der Waals surface area contributed by atoms with Crippen molar-refractivity contribution in [2.24, 2.45) is 35.5 Å². The van der Waals surface area contributed by atoms with Gasteiger partial charge in [0.05, 0.1) is 0 Å². The van der Waals surface area contributed by atoms with Gasteiger partial charge in [-0.3, -0.25) is 0 Å². The lowest BCUT2D eigenvalue weighted by molar-refractivity contribution is 0.105. The van der Waals surface area contributed by atoms with Crippen molar-refractivity contribution < 1.29 is 0 Å². The minimum Gasteiger partial charge on any atom is -0.0925 e. The van der Waals surface area contributed by atoms with Crippen LogP contribution in [0.25, 0.3) is 0 Å². The molecule has 0 radical (unpaired) electrons. The normalized spacial score (nSPS) is 42.5. The maximum Gasteiger partial charge on any atom is 0.00596 e. The number of halogens is 1. The number of hydrogen-bond donors (Lipinski definition) is 0. The van der Waals surface area contributed by atoms with E-state index in [1.807, 2.05) is 0 Å². The molecule has 0 heterocycles. The van der Waals surface area contributed by atoms with Crippen molar-refractivity contribution >= 4 is 15.9 Å². The van der Waals surface area contributed by atoms with E-state index in [4.69, 9.17) is 0 Å². The van der Waals surface area contributed by atoms with Crippen LogP contribution < -0.4 is 0 Å². The molecule has 0 aromatic carbocycles. The van der Waals surface area contributed by atoms with Crippen LogP contribution in [0.4, 0.5) is 0 Å². The summed E-state index contributed by atoms with van der Waals surface area (Å²) in [6.45, 7) is 2.36. The fourth-order valence-electron chi connectivity index (χ4n) is 6.26. The number of hydrogen-bond acceptors (Lipinski definition) is 0. The molecule has 0 bridgehead atoms. The standard InChI is InChI=1S/C22H39Br/c1-2-3-17-4-8-19(9-5-17)21-12-14-22(15-13-21)20-10-6-18(16-23)7-11-20/h17-22H,2-16H2,1H3/t17?,18-,19?,20-,21?,22?. The Morgan fingerprint density at radius 3 is 1.26 bits per heavy atom. The van der Waals surface area contributed by atoms with Gasteiger partial charge >= 0.3 is 0 Å². The largest absolute Gasteiger partial charge is 0.0925 e. The molecular weight excluding hydrogens is 344 g/mol. The van der Waals surface area contributed by atoms with Gasteiger partial charge in [-0.25, -0.2) is 0 Å². The predicted molar refractivity (Wildman–Crippen MR) is 105 cm³/mol. The minimum absolute atomic E-state index is 0.987. The Kier molecular flexibility index (Phi) is 7.35. The Bertz CT molecular complexity index is 315. The van der Waals surface area contributed by atoms with Crippen LogP contribution >= 0.6 is 15.9 Å². The van der Waals surface area contributed by atoms with Gasteiger partial charge in [-0.1, -0.05) is 48.5 Å². The van der Waals surface area contributed by atoms with Crippen LogP contribution in [0.1, 0.15) is 96.8 Å². The Labute approximate surface area is 153 Å². The second-order valence-electron chi connectivity index (χ2n) is 9.18. The highest BCUT2D eigenvalue weighted by Crippen LogP contribution is 2.46. The lowest BCUT2D eigenvalue weighted by atomic mass is 9.65. The van der Waals surface area contributed by atoms with Gasteiger partial charge < -0.3 is 0 Å². The Morgan fingerprint density at radius 1 is 0.565 bits per heavy atom. The van der Waals surface area contributed by atoms with Gasteiger partial charge in [0.2, 0.25) is 0 Å². The summed E-state index contributed by atoms with van der Waals surface area (Å²) in [6.07, 6.45) is 21.5. The van der Waals surface area contributed by atoms with Crippen LogP contribution in [0.2, 0.25) is 0 Å². The molecule has 0 atom stereocenters. The second kappa shape index (κ2) is 9.25. The summed E-state index contributed by atoms with van der Waals surface area (Å²) in [5.41, 5.74) is 0. The fourth-order valence-corrected chi connectivity index (χ4v) is 6.91. The highest BCUT2D eigenvalue weighted by atomic mass is 79.9. The number of rotatable bonds is 5. The molecule has 0 nitrogen and oxygen atoms in total. The van der Waals surface area contributed by atoms with Crippen molar-refractivity contribution in [2.75, 3.05) is 5.33 Å². The molecule has 0 unspecified atom stereocenters. The monoisotopic (exact) mass is 382 g/mol. The third-order valence-electron chi connectivity index (χ3n) is 7.85. The van der Waals surface area contributed by atoms with Gasteiger partial charge in [-0.15, -0.1) is 0 Å². The van der Waals surface area contributed by atoms with Crippen molar-refractivity contribution in [3.05, 3.63) is 0 Å². The molecule has 0 aromatic heterocycles. The Hall–Kier alpha value is 0.480. The predicted octanol–water partition coefficient (Wildman–Crippen LogP) is 7.60. The van der Waals surface area contributed by atoms with Crippen LogP contribution in [-0.2, 0) is 0 Å². The van der Waals surface area contributed by atoms with E-state index in [2.05, 4.69) is 22.9 Å². The average molecular weight is 383 g/mol. The van der Waals surface area contributed by atoms with Gasteiger partial charge in [-0.2, -0.15) is 0 Å². The summed E-state index contributed by atoms with van der Waals surface area (Å²) < 4.78 is 0. The molecule has 3 aliphatic carbocycles. The first-order valence-corrected chi connectivity index (χ1v) is 12.0. The van der Waals surface area contributed by atoms with E-state index in [1.54, 1.807) is 51.4 Å². The summed E-state index contributed by atoms with van der Waals surface area (Å²) in [4.78, 5) is 0. The zero-order valence-electron chi connectivity index (χ0n) is 15.4. The molecular formula is C22H39Br. The van der Waals surface area contributed by atoms with E-state index in [0.717, 1.165) is 35.5 Å². The molecule has 1 heteroatoms. The van der Waals surface area contributed by atoms with Crippen LogP contribution in [0.3, 0.4) is 0 Å². The molecule has 3 aliphatic rings. The molecule has 0 aliphatic heterocycles. The van der Waals surface area contributed by atoms with Crippen LogP contribution in [-0.4, -0.2) is 5.33 Å². The molecule has 0 saturated heterocycles. The van der Waals surface area contributed by atoms with Gasteiger partial charge in [0, 0.05) is 5.33 Å². The van der Waals surface area contributed by atoms with E-state index < -0.39 is 0 Å². The van der Waals surface area contributed by atoms with Gasteiger partial charge in [-0.05, 0) is 99.7 Å². The SMILES string of the molecule is CCCC1CCC(C2CCC([C@H]3CC[C@H](CBr)CC3)CC2)CC1. The maximum absolute atomic E-state index is 3.69.